The first-order chi connectivity index (χ1) is 6.75. The van der Waals surface area contributed by atoms with Crippen molar-refractivity contribution in [3.05, 3.63) is 0 Å². The first-order valence-corrected chi connectivity index (χ1v) is 5.91. The van der Waals surface area contributed by atoms with Gasteiger partial charge in [0.05, 0.1) is 5.60 Å². The van der Waals surface area contributed by atoms with Crippen LogP contribution < -0.4 is 5.32 Å². The van der Waals surface area contributed by atoms with Crippen molar-refractivity contribution in [2.75, 3.05) is 32.7 Å². The minimum atomic E-state index is -0.254. The molecule has 0 spiro atoms. The Hall–Kier alpha value is -0.120. The molecule has 3 rings (SSSR count). The molecule has 0 aromatic carbocycles. The van der Waals surface area contributed by atoms with Crippen LogP contribution in [0, 0.1) is 11.8 Å². The molecule has 2 unspecified atom stereocenters. The summed E-state index contributed by atoms with van der Waals surface area (Å²) in [6.07, 6.45) is 3.07. The lowest BCUT2D eigenvalue weighted by atomic mass is 10.0. The molecule has 2 atom stereocenters. The van der Waals surface area contributed by atoms with Crippen molar-refractivity contribution in [2.45, 2.75) is 24.9 Å². The molecule has 0 aromatic rings. The van der Waals surface area contributed by atoms with E-state index in [0.717, 1.165) is 37.6 Å². The first-order valence-electron chi connectivity index (χ1n) is 5.91. The zero-order chi connectivity index (χ0) is 9.60. The highest BCUT2D eigenvalue weighted by Gasteiger charge is 2.41. The van der Waals surface area contributed by atoms with E-state index in [1.807, 2.05) is 0 Å². The fourth-order valence-corrected chi connectivity index (χ4v) is 2.90. The summed E-state index contributed by atoms with van der Waals surface area (Å²) in [6, 6.07) is 0. The topological polar surface area (TPSA) is 35.5 Å². The minimum Gasteiger partial charge on any atom is -0.390 e. The molecule has 1 aliphatic carbocycles. The van der Waals surface area contributed by atoms with Gasteiger partial charge in [0, 0.05) is 19.6 Å². The van der Waals surface area contributed by atoms with Crippen LogP contribution in [-0.4, -0.2) is 48.3 Å². The van der Waals surface area contributed by atoms with Crippen molar-refractivity contribution < 1.29 is 5.11 Å². The Balaban J connectivity index is 1.46. The van der Waals surface area contributed by atoms with E-state index in [2.05, 4.69) is 10.2 Å². The van der Waals surface area contributed by atoms with Crippen molar-refractivity contribution in [1.29, 1.82) is 0 Å². The van der Waals surface area contributed by atoms with Gasteiger partial charge < -0.3 is 15.3 Å². The first kappa shape index (κ1) is 9.13. The van der Waals surface area contributed by atoms with Crippen LogP contribution in [0.4, 0.5) is 0 Å². The van der Waals surface area contributed by atoms with Crippen LogP contribution >= 0.6 is 0 Å². The minimum absolute atomic E-state index is 0.254. The largest absolute Gasteiger partial charge is 0.390 e. The summed E-state index contributed by atoms with van der Waals surface area (Å²) in [7, 11) is 0. The van der Waals surface area contributed by atoms with E-state index in [-0.39, 0.29) is 5.60 Å². The third-order valence-corrected chi connectivity index (χ3v) is 4.19. The Morgan fingerprint density at radius 1 is 1.21 bits per heavy atom. The Morgan fingerprint density at radius 3 is 2.43 bits per heavy atom. The molecule has 2 N–H and O–H groups in total. The van der Waals surface area contributed by atoms with Gasteiger partial charge in [-0.25, -0.2) is 0 Å². The molecule has 3 aliphatic rings. The third kappa shape index (κ3) is 1.69. The van der Waals surface area contributed by atoms with Crippen molar-refractivity contribution in [2.24, 2.45) is 11.8 Å². The fourth-order valence-electron chi connectivity index (χ4n) is 2.90. The standard InChI is InChI=1S/C11H20N2O/c14-11(1-2-11)3-4-13-7-9-5-12-6-10(9)8-13/h9-10,12,14H,1-8H2. The molecule has 1 saturated carbocycles. The van der Waals surface area contributed by atoms with Crippen molar-refractivity contribution in [3.63, 3.8) is 0 Å². The summed E-state index contributed by atoms with van der Waals surface area (Å²) in [5, 5.41) is 13.2. The van der Waals surface area contributed by atoms with Crippen molar-refractivity contribution in [3.8, 4) is 0 Å². The average molecular weight is 196 g/mol. The smallest absolute Gasteiger partial charge is 0.0662 e. The second-order valence-corrected chi connectivity index (χ2v) is 5.41. The number of likely N-dealkylation sites (tertiary alicyclic amines) is 1. The maximum Gasteiger partial charge on any atom is 0.0662 e. The zero-order valence-electron chi connectivity index (χ0n) is 8.71. The molecule has 0 aromatic heterocycles. The van der Waals surface area contributed by atoms with Gasteiger partial charge in [-0.1, -0.05) is 0 Å². The van der Waals surface area contributed by atoms with Crippen LogP contribution in [0.3, 0.4) is 0 Å². The molecule has 0 bridgehead atoms. The molecule has 3 nitrogen and oxygen atoms in total. The summed E-state index contributed by atoms with van der Waals surface area (Å²) < 4.78 is 0. The van der Waals surface area contributed by atoms with Crippen molar-refractivity contribution >= 4 is 0 Å². The van der Waals surface area contributed by atoms with Crippen LogP contribution in [0.15, 0.2) is 0 Å². The SMILES string of the molecule is OC1(CCN2CC3CNCC3C2)CC1. The van der Waals surface area contributed by atoms with Gasteiger partial charge >= 0.3 is 0 Å². The number of rotatable bonds is 3. The number of nitrogens with zero attached hydrogens (tertiary/aromatic N) is 1. The maximum atomic E-state index is 9.75. The van der Waals surface area contributed by atoms with Gasteiger partial charge in [-0.15, -0.1) is 0 Å². The molecule has 3 fully saturated rings. The second-order valence-electron chi connectivity index (χ2n) is 5.41. The Bertz CT molecular complexity index is 215. The maximum absolute atomic E-state index is 9.75. The van der Waals surface area contributed by atoms with Gasteiger partial charge in [0.25, 0.3) is 0 Å². The van der Waals surface area contributed by atoms with Gasteiger partial charge in [0.2, 0.25) is 0 Å². The van der Waals surface area contributed by atoms with Crippen LogP contribution in [0.25, 0.3) is 0 Å². The van der Waals surface area contributed by atoms with Gasteiger partial charge in [-0.2, -0.15) is 0 Å². The summed E-state index contributed by atoms with van der Waals surface area (Å²) in [5.74, 6) is 1.78. The second kappa shape index (κ2) is 3.19. The lowest BCUT2D eigenvalue weighted by Gasteiger charge is -2.18. The summed E-state index contributed by atoms with van der Waals surface area (Å²) in [4.78, 5) is 2.55. The van der Waals surface area contributed by atoms with E-state index in [0.29, 0.717) is 0 Å². The lowest BCUT2D eigenvalue weighted by Crippen LogP contribution is -2.29. The normalized spacial score (nSPS) is 40.1. The van der Waals surface area contributed by atoms with Crippen LogP contribution in [0.2, 0.25) is 0 Å². The highest BCUT2D eigenvalue weighted by molar-refractivity contribution is 4.96. The Morgan fingerprint density at radius 2 is 1.86 bits per heavy atom. The molecule has 80 valence electrons. The lowest BCUT2D eigenvalue weighted by molar-refractivity contribution is 0.123. The Kier molecular flexibility index (Phi) is 2.08. The average Bonchev–Trinajstić information content (AvgIpc) is 2.61. The van der Waals surface area contributed by atoms with Crippen molar-refractivity contribution in [1.82, 2.24) is 10.2 Å². The molecule has 2 saturated heterocycles. The quantitative estimate of drug-likeness (QED) is 0.669. The summed E-state index contributed by atoms with van der Waals surface area (Å²) >= 11 is 0. The molecular weight excluding hydrogens is 176 g/mol. The number of hydrogen-bond acceptors (Lipinski definition) is 3. The Labute approximate surface area is 85.5 Å². The van der Waals surface area contributed by atoms with Gasteiger partial charge in [0.15, 0.2) is 0 Å². The van der Waals surface area contributed by atoms with E-state index in [9.17, 15) is 5.11 Å². The van der Waals surface area contributed by atoms with E-state index in [4.69, 9.17) is 0 Å². The predicted molar refractivity (Wildman–Crippen MR) is 55.1 cm³/mol. The predicted octanol–water partition coefficient (Wildman–Crippen LogP) is 0.0526. The molecule has 2 heterocycles. The fraction of sp³-hybridized carbons (Fsp3) is 1.00. The molecule has 14 heavy (non-hydrogen) atoms. The summed E-state index contributed by atoms with van der Waals surface area (Å²) in [5.41, 5.74) is -0.254. The van der Waals surface area contributed by atoms with E-state index >= 15 is 0 Å². The molecular formula is C11H20N2O. The van der Waals surface area contributed by atoms with Crippen LogP contribution in [-0.2, 0) is 0 Å². The highest BCUT2D eigenvalue weighted by atomic mass is 16.3. The van der Waals surface area contributed by atoms with Crippen LogP contribution in [0.5, 0.6) is 0 Å². The zero-order valence-corrected chi connectivity index (χ0v) is 8.71. The number of hydrogen-bond donors (Lipinski definition) is 2. The van der Waals surface area contributed by atoms with E-state index in [1.165, 1.54) is 26.2 Å². The number of fused-ring (bicyclic) bond motifs is 1. The van der Waals surface area contributed by atoms with Gasteiger partial charge in [0.1, 0.15) is 0 Å². The molecule has 0 amide bonds. The van der Waals surface area contributed by atoms with E-state index < -0.39 is 0 Å². The monoisotopic (exact) mass is 196 g/mol. The number of aliphatic hydroxyl groups is 1. The molecule has 2 aliphatic heterocycles. The molecule has 3 heteroatoms. The van der Waals surface area contributed by atoms with Gasteiger partial charge in [-0.05, 0) is 44.2 Å². The van der Waals surface area contributed by atoms with E-state index in [1.54, 1.807) is 0 Å². The third-order valence-electron chi connectivity index (χ3n) is 4.19. The van der Waals surface area contributed by atoms with Crippen LogP contribution in [0.1, 0.15) is 19.3 Å². The summed E-state index contributed by atoms with van der Waals surface area (Å²) in [6.45, 7) is 6.06. The molecule has 0 radical (unpaired) electrons. The highest BCUT2D eigenvalue weighted by Crippen LogP contribution is 2.39. The van der Waals surface area contributed by atoms with Gasteiger partial charge in [-0.3, -0.25) is 0 Å². The number of nitrogens with one attached hydrogen (secondary N) is 1.